The molecule has 1 aromatic carbocycles. The Labute approximate surface area is 190 Å². The highest BCUT2D eigenvalue weighted by atomic mass is 32.1. The van der Waals surface area contributed by atoms with E-state index < -0.39 is 5.54 Å². The Kier molecular flexibility index (Phi) is 5.33. The van der Waals surface area contributed by atoms with Crippen LogP contribution in [-0.4, -0.2) is 38.1 Å². The maximum Gasteiger partial charge on any atom is 0.273 e. The number of benzene rings is 1. The van der Waals surface area contributed by atoms with Crippen LogP contribution < -0.4 is 5.32 Å². The quantitative estimate of drug-likeness (QED) is 0.630. The van der Waals surface area contributed by atoms with Crippen molar-refractivity contribution in [2.24, 2.45) is 0 Å². The second-order valence-electron chi connectivity index (χ2n) is 8.80. The maximum atomic E-state index is 13.8. The van der Waals surface area contributed by atoms with Gasteiger partial charge in [-0.05, 0) is 55.0 Å². The number of aromatic nitrogens is 2. The first-order valence-corrected chi connectivity index (χ1v) is 11.8. The molecule has 0 unspecified atom stereocenters. The summed E-state index contributed by atoms with van der Waals surface area (Å²) in [7, 11) is 0. The smallest absolute Gasteiger partial charge is 0.273 e. The molecule has 0 radical (unpaired) electrons. The molecule has 166 valence electrons. The van der Waals surface area contributed by atoms with Crippen molar-refractivity contribution >= 4 is 23.2 Å². The van der Waals surface area contributed by atoms with Gasteiger partial charge in [0.2, 0.25) is 5.91 Å². The molecule has 0 bridgehead atoms. The van der Waals surface area contributed by atoms with Crippen molar-refractivity contribution in [1.29, 1.82) is 0 Å². The van der Waals surface area contributed by atoms with Gasteiger partial charge in [-0.2, -0.15) is 5.10 Å². The Bertz CT molecular complexity index is 1150. The summed E-state index contributed by atoms with van der Waals surface area (Å²) in [5, 5.41) is 9.77. The van der Waals surface area contributed by atoms with Crippen molar-refractivity contribution in [2.75, 3.05) is 0 Å². The second kappa shape index (κ2) is 8.16. The van der Waals surface area contributed by atoms with Crippen molar-refractivity contribution in [3.63, 3.8) is 0 Å². The highest BCUT2D eigenvalue weighted by Gasteiger charge is 2.48. The number of hydrogen-bond donors (Lipinski definition) is 1. The number of carbonyl (C=O) groups is 2. The summed E-state index contributed by atoms with van der Waals surface area (Å²) in [6, 6.07) is 12.0. The first-order valence-electron chi connectivity index (χ1n) is 10.9. The summed E-state index contributed by atoms with van der Waals surface area (Å²) >= 11 is 1.55. The number of carbonyl (C=O) groups excluding carboxylic acids is 2. The molecule has 1 aliphatic heterocycles. The van der Waals surface area contributed by atoms with Crippen LogP contribution in [0.3, 0.4) is 0 Å². The lowest BCUT2D eigenvalue weighted by molar-refractivity contribution is -0.134. The topological polar surface area (TPSA) is 67.2 Å². The fraction of sp³-hybridized carbons (Fsp3) is 0.375. The van der Waals surface area contributed by atoms with Gasteiger partial charge in [0.25, 0.3) is 5.91 Å². The predicted octanol–water partition coefficient (Wildman–Crippen LogP) is 4.22. The van der Waals surface area contributed by atoms with Crippen LogP contribution >= 0.6 is 11.3 Å². The Balaban J connectivity index is 1.52. The van der Waals surface area contributed by atoms with E-state index in [4.69, 9.17) is 0 Å². The number of hydrogen-bond acceptors (Lipinski definition) is 4. The summed E-state index contributed by atoms with van der Waals surface area (Å²) in [6.45, 7) is 2.17. The summed E-state index contributed by atoms with van der Waals surface area (Å²) in [5.74, 6) is -0.832. The van der Waals surface area contributed by atoms with Crippen molar-refractivity contribution in [3.8, 4) is 10.6 Å². The molecule has 1 N–H and O–H groups in total. The normalized spacial score (nSPS) is 21.1. The standard InChI is InChI=1S/C24H25FN4O2S/c1-24(23(31)26-18-8-2-3-9-18)15-29-20(13-19(27-29)21-10-5-11-32-21)22(30)28(24)14-16-6-4-7-17(25)12-16/h4-7,10-13,18H,2-3,8-9,14-15H2,1H3,(H,26,31)/t24-/m0/s1. The minimum atomic E-state index is -1.14. The average Bonchev–Trinajstić information content (AvgIpc) is 3.52. The van der Waals surface area contributed by atoms with Gasteiger partial charge in [-0.15, -0.1) is 11.3 Å². The second-order valence-corrected chi connectivity index (χ2v) is 9.75. The van der Waals surface area contributed by atoms with E-state index in [1.165, 1.54) is 12.1 Å². The van der Waals surface area contributed by atoms with E-state index in [9.17, 15) is 14.0 Å². The molecule has 8 heteroatoms. The first kappa shape index (κ1) is 20.9. The van der Waals surface area contributed by atoms with Crippen molar-refractivity contribution < 1.29 is 14.0 Å². The zero-order chi connectivity index (χ0) is 22.3. The Hall–Kier alpha value is -3.00. The Morgan fingerprint density at radius 3 is 2.78 bits per heavy atom. The summed E-state index contributed by atoms with van der Waals surface area (Å²) in [6.07, 6.45) is 4.10. The van der Waals surface area contributed by atoms with Crippen molar-refractivity contribution in [1.82, 2.24) is 20.0 Å². The molecule has 2 aromatic heterocycles. The van der Waals surface area contributed by atoms with E-state index in [1.807, 2.05) is 17.5 Å². The fourth-order valence-corrected chi connectivity index (χ4v) is 5.34. The molecule has 1 saturated carbocycles. The minimum Gasteiger partial charge on any atom is -0.351 e. The van der Waals surface area contributed by atoms with E-state index in [0.29, 0.717) is 11.3 Å². The van der Waals surface area contributed by atoms with Crippen LogP contribution in [0.4, 0.5) is 4.39 Å². The summed E-state index contributed by atoms with van der Waals surface area (Å²) in [4.78, 5) is 29.7. The molecule has 3 heterocycles. The monoisotopic (exact) mass is 452 g/mol. The van der Waals surface area contributed by atoms with Crippen LogP contribution in [0.2, 0.25) is 0 Å². The molecule has 1 atom stereocenters. The van der Waals surface area contributed by atoms with Gasteiger partial charge in [0.1, 0.15) is 22.7 Å². The third-order valence-corrected chi connectivity index (χ3v) is 7.37. The van der Waals surface area contributed by atoms with E-state index in [0.717, 1.165) is 36.3 Å². The molecule has 3 aromatic rings. The van der Waals surface area contributed by atoms with E-state index in [2.05, 4.69) is 10.4 Å². The SMILES string of the molecule is C[C@@]1(C(=O)NC2CCCC2)Cn2nc(-c3cccs3)cc2C(=O)N1Cc1cccc(F)c1. The molecule has 2 amide bonds. The number of rotatable bonds is 5. The Morgan fingerprint density at radius 1 is 1.25 bits per heavy atom. The van der Waals surface area contributed by atoms with Gasteiger partial charge in [0.05, 0.1) is 11.4 Å². The molecule has 1 aliphatic carbocycles. The van der Waals surface area contributed by atoms with Crippen LogP contribution in [-0.2, 0) is 17.9 Å². The van der Waals surface area contributed by atoms with E-state index in [1.54, 1.807) is 46.0 Å². The molecule has 0 spiro atoms. The highest BCUT2D eigenvalue weighted by Crippen LogP contribution is 2.33. The number of amides is 2. The summed E-state index contributed by atoms with van der Waals surface area (Å²) < 4.78 is 15.5. The van der Waals surface area contributed by atoms with Gasteiger partial charge in [-0.3, -0.25) is 14.3 Å². The Morgan fingerprint density at radius 2 is 2.06 bits per heavy atom. The van der Waals surface area contributed by atoms with Gasteiger partial charge < -0.3 is 10.2 Å². The molecule has 32 heavy (non-hydrogen) atoms. The van der Waals surface area contributed by atoms with Gasteiger partial charge in [-0.1, -0.05) is 31.0 Å². The molecular formula is C24H25FN4O2S. The molecule has 6 nitrogen and oxygen atoms in total. The average molecular weight is 453 g/mol. The van der Waals surface area contributed by atoms with Crippen LogP contribution in [0.1, 0.15) is 48.7 Å². The lowest BCUT2D eigenvalue weighted by atomic mass is 9.93. The molecular weight excluding hydrogens is 427 g/mol. The van der Waals surface area contributed by atoms with Crippen LogP contribution in [0.15, 0.2) is 47.8 Å². The lowest BCUT2D eigenvalue weighted by Crippen LogP contribution is -2.64. The first-order chi connectivity index (χ1) is 15.4. The number of nitrogens with zero attached hydrogens (tertiary/aromatic N) is 3. The van der Waals surface area contributed by atoms with Gasteiger partial charge >= 0.3 is 0 Å². The van der Waals surface area contributed by atoms with E-state index >= 15 is 0 Å². The van der Waals surface area contributed by atoms with Crippen LogP contribution in [0.25, 0.3) is 10.6 Å². The third kappa shape index (κ3) is 3.72. The molecule has 2 aliphatic rings. The van der Waals surface area contributed by atoms with Crippen molar-refractivity contribution in [3.05, 3.63) is 64.9 Å². The zero-order valence-electron chi connectivity index (χ0n) is 17.9. The zero-order valence-corrected chi connectivity index (χ0v) is 18.7. The largest absolute Gasteiger partial charge is 0.351 e. The maximum absolute atomic E-state index is 13.8. The molecule has 5 rings (SSSR count). The number of thiophene rings is 1. The number of halogens is 1. The molecule has 1 fully saturated rings. The number of nitrogens with one attached hydrogen (secondary N) is 1. The number of fused-ring (bicyclic) bond motifs is 1. The molecule has 0 saturated heterocycles. The van der Waals surface area contributed by atoms with Gasteiger partial charge in [0.15, 0.2) is 0 Å². The lowest BCUT2D eigenvalue weighted by Gasteiger charge is -2.43. The van der Waals surface area contributed by atoms with Crippen molar-refractivity contribution in [2.45, 2.75) is 57.3 Å². The summed E-state index contributed by atoms with van der Waals surface area (Å²) in [5.41, 5.74) is 0.660. The van der Waals surface area contributed by atoms with Gasteiger partial charge in [-0.25, -0.2) is 4.39 Å². The predicted molar refractivity (Wildman–Crippen MR) is 121 cm³/mol. The van der Waals surface area contributed by atoms with Crippen LogP contribution in [0.5, 0.6) is 0 Å². The van der Waals surface area contributed by atoms with E-state index in [-0.39, 0.29) is 36.8 Å². The third-order valence-electron chi connectivity index (χ3n) is 6.48. The fourth-order valence-electron chi connectivity index (χ4n) is 4.66. The highest BCUT2D eigenvalue weighted by molar-refractivity contribution is 7.13. The van der Waals surface area contributed by atoms with Gasteiger partial charge in [0, 0.05) is 12.6 Å². The van der Waals surface area contributed by atoms with Crippen LogP contribution in [0, 0.1) is 5.82 Å². The minimum absolute atomic E-state index is 0.131.